The van der Waals surface area contributed by atoms with E-state index in [4.69, 9.17) is 4.74 Å². The summed E-state index contributed by atoms with van der Waals surface area (Å²) in [6.07, 6.45) is 4.38. The maximum atomic E-state index is 11.0. The molecule has 1 saturated heterocycles. The number of esters is 1. The molecule has 1 fully saturated rings. The molecule has 1 atom stereocenters. The van der Waals surface area contributed by atoms with Crippen LogP contribution in [0.2, 0.25) is 0 Å². The highest BCUT2D eigenvalue weighted by atomic mass is 16.5. The topological polar surface area (TPSA) is 38.8 Å². The van der Waals surface area contributed by atoms with Crippen LogP contribution in [0, 0.1) is 0 Å². The van der Waals surface area contributed by atoms with Gasteiger partial charge in [0.2, 0.25) is 0 Å². The quantitative estimate of drug-likeness (QED) is 0.619. The molecule has 0 spiro atoms. The van der Waals surface area contributed by atoms with Crippen LogP contribution in [-0.2, 0) is 14.3 Å². The van der Waals surface area contributed by atoms with Crippen LogP contribution < -0.4 is 0 Å². The summed E-state index contributed by atoms with van der Waals surface area (Å²) in [5.74, 6) is -0.129. The molecule has 0 radical (unpaired) electrons. The standard InChI is InChI=1S/C12H23NO3/c1-3-13(9-7-12(14)15-2)8-6-11-5-4-10-16-11/h11H,3-10H2,1-2H3. The van der Waals surface area contributed by atoms with Gasteiger partial charge in [0.25, 0.3) is 0 Å². The van der Waals surface area contributed by atoms with Crippen LogP contribution in [0.5, 0.6) is 0 Å². The summed E-state index contributed by atoms with van der Waals surface area (Å²) >= 11 is 0. The van der Waals surface area contributed by atoms with Crippen molar-refractivity contribution in [3.63, 3.8) is 0 Å². The molecule has 1 rings (SSSR count). The number of rotatable bonds is 7. The first-order valence-electron chi connectivity index (χ1n) is 6.17. The fourth-order valence-electron chi connectivity index (χ4n) is 1.98. The molecule has 4 heteroatoms. The first-order valence-corrected chi connectivity index (χ1v) is 6.17. The number of ether oxygens (including phenoxy) is 2. The third-order valence-corrected chi connectivity index (χ3v) is 3.10. The number of hydrogen-bond donors (Lipinski definition) is 0. The third kappa shape index (κ3) is 4.94. The van der Waals surface area contributed by atoms with Crippen LogP contribution >= 0.6 is 0 Å². The van der Waals surface area contributed by atoms with Gasteiger partial charge in [0.15, 0.2) is 0 Å². The van der Waals surface area contributed by atoms with Crippen LogP contribution in [0.1, 0.15) is 32.6 Å². The summed E-state index contributed by atoms with van der Waals surface area (Å²) in [4.78, 5) is 13.3. The van der Waals surface area contributed by atoms with Gasteiger partial charge in [-0.2, -0.15) is 0 Å². The van der Waals surface area contributed by atoms with Crippen LogP contribution in [0.25, 0.3) is 0 Å². The molecule has 1 heterocycles. The molecule has 1 aliphatic rings. The van der Waals surface area contributed by atoms with E-state index in [1.807, 2.05) is 0 Å². The van der Waals surface area contributed by atoms with Gasteiger partial charge in [-0.25, -0.2) is 0 Å². The Bertz CT molecular complexity index is 202. The molecule has 0 saturated carbocycles. The molecule has 0 amide bonds. The van der Waals surface area contributed by atoms with Gasteiger partial charge in [-0.05, 0) is 25.8 Å². The Labute approximate surface area is 97.9 Å². The van der Waals surface area contributed by atoms with Crippen molar-refractivity contribution in [2.75, 3.05) is 33.4 Å². The number of nitrogens with zero attached hydrogens (tertiary/aromatic N) is 1. The van der Waals surface area contributed by atoms with Gasteiger partial charge in [-0.15, -0.1) is 0 Å². The Balaban J connectivity index is 2.12. The van der Waals surface area contributed by atoms with Gasteiger partial charge in [0.05, 0.1) is 19.6 Å². The SMILES string of the molecule is CCN(CCC(=O)OC)CCC1CCCO1. The van der Waals surface area contributed by atoms with Gasteiger partial charge in [-0.3, -0.25) is 4.79 Å². The smallest absolute Gasteiger partial charge is 0.306 e. The van der Waals surface area contributed by atoms with Crippen molar-refractivity contribution in [2.45, 2.75) is 38.7 Å². The van der Waals surface area contributed by atoms with Gasteiger partial charge in [-0.1, -0.05) is 6.92 Å². The molecule has 0 aliphatic carbocycles. The van der Waals surface area contributed by atoms with Crippen molar-refractivity contribution < 1.29 is 14.3 Å². The lowest BCUT2D eigenvalue weighted by atomic mass is 10.2. The fraction of sp³-hybridized carbons (Fsp3) is 0.917. The van der Waals surface area contributed by atoms with E-state index in [0.717, 1.165) is 32.7 Å². The Morgan fingerprint density at radius 3 is 2.88 bits per heavy atom. The molecule has 0 N–H and O–H groups in total. The van der Waals surface area contributed by atoms with E-state index in [0.29, 0.717) is 12.5 Å². The van der Waals surface area contributed by atoms with E-state index in [2.05, 4.69) is 16.6 Å². The lowest BCUT2D eigenvalue weighted by Gasteiger charge is -2.21. The van der Waals surface area contributed by atoms with Gasteiger partial charge in [0, 0.05) is 19.7 Å². The molecular weight excluding hydrogens is 206 g/mol. The van der Waals surface area contributed by atoms with Crippen molar-refractivity contribution >= 4 is 5.97 Å². The molecular formula is C12H23NO3. The summed E-state index contributed by atoms with van der Waals surface area (Å²) in [6, 6.07) is 0. The maximum absolute atomic E-state index is 11.0. The normalized spacial score (nSPS) is 20.3. The van der Waals surface area contributed by atoms with Crippen molar-refractivity contribution in [2.24, 2.45) is 0 Å². The molecule has 0 aromatic heterocycles. The molecule has 0 bridgehead atoms. The number of hydrogen-bond acceptors (Lipinski definition) is 4. The van der Waals surface area contributed by atoms with E-state index in [1.165, 1.54) is 20.0 Å². The Morgan fingerprint density at radius 1 is 1.50 bits per heavy atom. The summed E-state index contributed by atoms with van der Waals surface area (Å²) in [7, 11) is 1.44. The molecule has 4 nitrogen and oxygen atoms in total. The van der Waals surface area contributed by atoms with E-state index in [-0.39, 0.29) is 5.97 Å². The summed E-state index contributed by atoms with van der Waals surface area (Å²) < 4.78 is 10.2. The predicted octanol–water partition coefficient (Wildman–Crippen LogP) is 1.44. The summed E-state index contributed by atoms with van der Waals surface area (Å²) in [5.41, 5.74) is 0. The molecule has 0 aromatic rings. The van der Waals surface area contributed by atoms with Crippen molar-refractivity contribution in [3.05, 3.63) is 0 Å². The predicted molar refractivity (Wildman–Crippen MR) is 62.3 cm³/mol. The molecule has 16 heavy (non-hydrogen) atoms. The molecule has 1 aliphatic heterocycles. The van der Waals surface area contributed by atoms with Gasteiger partial charge >= 0.3 is 5.97 Å². The van der Waals surface area contributed by atoms with Crippen LogP contribution in [0.15, 0.2) is 0 Å². The van der Waals surface area contributed by atoms with E-state index in [9.17, 15) is 4.79 Å². The number of carbonyl (C=O) groups excluding carboxylic acids is 1. The largest absolute Gasteiger partial charge is 0.469 e. The van der Waals surface area contributed by atoms with Crippen LogP contribution in [-0.4, -0.2) is 50.3 Å². The Hall–Kier alpha value is -0.610. The zero-order chi connectivity index (χ0) is 11.8. The lowest BCUT2D eigenvalue weighted by Crippen LogP contribution is -2.29. The molecule has 1 unspecified atom stereocenters. The van der Waals surface area contributed by atoms with E-state index < -0.39 is 0 Å². The lowest BCUT2D eigenvalue weighted by molar-refractivity contribution is -0.140. The maximum Gasteiger partial charge on any atom is 0.306 e. The highest BCUT2D eigenvalue weighted by molar-refractivity contribution is 5.69. The highest BCUT2D eigenvalue weighted by Crippen LogP contribution is 2.15. The fourth-order valence-corrected chi connectivity index (χ4v) is 1.98. The minimum absolute atomic E-state index is 0.129. The minimum Gasteiger partial charge on any atom is -0.469 e. The average Bonchev–Trinajstić information content (AvgIpc) is 2.81. The second-order valence-corrected chi connectivity index (χ2v) is 4.18. The molecule has 94 valence electrons. The first-order chi connectivity index (χ1) is 7.76. The zero-order valence-corrected chi connectivity index (χ0v) is 10.4. The third-order valence-electron chi connectivity index (χ3n) is 3.10. The summed E-state index contributed by atoms with van der Waals surface area (Å²) in [6.45, 7) is 5.81. The zero-order valence-electron chi connectivity index (χ0n) is 10.4. The van der Waals surface area contributed by atoms with Gasteiger partial charge < -0.3 is 14.4 Å². The van der Waals surface area contributed by atoms with Crippen molar-refractivity contribution in [1.82, 2.24) is 4.90 Å². The average molecular weight is 229 g/mol. The van der Waals surface area contributed by atoms with E-state index >= 15 is 0 Å². The van der Waals surface area contributed by atoms with E-state index in [1.54, 1.807) is 0 Å². The van der Waals surface area contributed by atoms with Crippen LogP contribution in [0.3, 0.4) is 0 Å². The van der Waals surface area contributed by atoms with Crippen molar-refractivity contribution in [1.29, 1.82) is 0 Å². The highest BCUT2D eigenvalue weighted by Gasteiger charge is 2.16. The monoisotopic (exact) mass is 229 g/mol. The first kappa shape index (κ1) is 13.5. The summed E-state index contributed by atoms with van der Waals surface area (Å²) in [5, 5.41) is 0. The second-order valence-electron chi connectivity index (χ2n) is 4.18. The van der Waals surface area contributed by atoms with Crippen LogP contribution in [0.4, 0.5) is 0 Å². The Kier molecular flexibility index (Phi) is 6.42. The second kappa shape index (κ2) is 7.63. The minimum atomic E-state index is -0.129. The number of methoxy groups -OCH3 is 1. The number of carbonyl (C=O) groups is 1. The van der Waals surface area contributed by atoms with Crippen molar-refractivity contribution in [3.8, 4) is 0 Å². The van der Waals surface area contributed by atoms with Gasteiger partial charge in [0.1, 0.15) is 0 Å². The Morgan fingerprint density at radius 2 is 2.31 bits per heavy atom. The molecule has 0 aromatic carbocycles.